The van der Waals surface area contributed by atoms with Crippen molar-refractivity contribution in [1.29, 1.82) is 0 Å². The summed E-state index contributed by atoms with van der Waals surface area (Å²) in [4.78, 5) is 15.6. The molecule has 0 radical (unpaired) electrons. The summed E-state index contributed by atoms with van der Waals surface area (Å²) in [5.41, 5.74) is 6.16. The minimum Gasteiger partial charge on any atom is -0.355 e. The van der Waals surface area contributed by atoms with E-state index in [1.54, 1.807) is 17.9 Å². The van der Waals surface area contributed by atoms with E-state index in [-0.39, 0.29) is 11.8 Å². The highest BCUT2D eigenvalue weighted by Gasteiger charge is 2.24. The number of aromatic nitrogens is 1. The lowest BCUT2D eigenvalue weighted by atomic mass is 9.83. The van der Waals surface area contributed by atoms with Crippen molar-refractivity contribution in [3.8, 4) is 0 Å². The molecule has 2 aromatic rings. The zero-order valence-corrected chi connectivity index (χ0v) is 11.5. The largest absolute Gasteiger partial charge is 0.355 e. The normalized spacial score (nSPS) is 16.9. The van der Waals surface area contributed by atoms with E-state index in [4.69, 9.17) is 5.21 Å². The van der Waals surface area contributed by atoms with Crippen molar-refractivity contribution in [2.24, 2.45) is 5.92 Å². The van der Waals surface area contributed by atoms with Crippen molar-refractivity contribution in [2.45, 2.75) is 19.3 Å². The summed E-state index contributed by atoms with van der Waals surface area (Å²) in [6.07, 6.45) is 5.78. The van der Waals surface area contributed by atoms with Gasteiger partial charge in [-0.25, -0.2) is 5.48 Å². The van der Waals surface area contributed by atoms with E-state index in [1.165, 1.54) is 5.56 Å². The second kappa shape index (κ2) is 5.93. The molecule has 1 aromatic heterocycles. The van der Waals surface area contributed by atoms with Crippen LogP contribution in [0.3, 0.4) is 0 Å². The van der Waals surface area contributed by atoms with Crippen molar-refractivity contribution < 1.29 is 10.0 Å². The van der Waals surface area contributed by atoms with Gasteiger partial charge >= 0.3 is 0 Å². The second-order valence-electron chi connectivity index (χ2n) is 5.26. The molecule has 108 valence electrons. The van der Waals surface area contributed by atoms with Crippen molar-refractivity contribution in [3.05, 3.63) is 53.9 Å². The monoisotopic (exact) mass is 283 g/mol. The van der Waals surface area contributed by atoms with Gasteiger partial charge in [-0.2, -0.15) is 0 Å². The molecular weight excluding hydrogens is 266 g/mol. The van der Waals surface area contributed by atoms with Gasteiger partial charge in [0.05, 0.1) is 0 Å². The third-order valence-corrected chi connectivity index (χ3v) is 3.88. The average molecular weight is 283 g/mol. The number of rotatable bonds is 3. The predicted molar refractivity (Wildman–Crippen MR) is 79.4 cm³/mol. The quantitative estimate of drug-likeness (QED) is 0.597. The maximum absolute atomic E-state index is 11.6. The van der Waals surface area contributed by atoms with E-state index in [9.17, 15) is 4.79 Å². The van der Waals surface area contributed by atoms with Crippen molar-refractivity contribution in [1.82, 2.24) is 10.5 Å². The zero-order valence-electron chi connectivity index (χ0n) is 11.5. The summed E-state index contributed by atoms with van der Waals surface area (Å²) in [6, 6.07) is 10.0. The highest BCUT2D eigenvalue weighted by atomic mass is 16.5. The molecule has 0 aliphatic heterocycles. The number of nitrogens with one attached hydrogen (secondary N) is 2. The molecule has 1 atom stereocenters. The Morgan fingerprint density at radius 1 is 1.14 bits per heavy atom. The molecule has 0 bridgehead atoms. The van der Waals surface area contributed by atoms with Crippen molar-refractivity contribution in [3.63, 3.8) is 0 Å². The summed E-state index contributed by atoms with van der Waals surface area (Å²) in [5, 5.41) is 12.1. The number of nitrogens with zero attached hydrogens (tertiary/aromatic N) is 1. The van der Waals surface area contributed by atoms with Gasteiger partial charge < -0.3 is 5.32 Å². The number of carbonyl (C=O) groups excluding carboxylic acids is 1. The predicted octanol–water partition coefficient (Wildman–Crippen LogP) is 2.44. The van der Waals surface area contributed by atoms with Crippen LogP contribution in [0, 0.1) is 5.92 Å². The number of pyridine rings is 1. The maximum atomic E-state index is 11.6. The molecule has 21 heavy (non-hydrogen) atoms. The first-order valence-corrected chi connectivity index (χ1v) is 6.99. The number of amides is 1. The van der Waals surface area contributed by atoms with E-state index in [0.717, 1.165) is 29.8 Å². The van der Waals surface area contributed by atoms with Gasteiger partial charge in [-0.15, -0.1) is 0 Å². The molecule has 3 rings (SSSR count). The molecule has 1 amide bonds. The Hall–Kier alpha value is -2.40. The summed E-state index contributed by atoms with van der Waals surface area (Å²) in [5.74, 6) is -0.452. The molecule has 1 aliphatic carbocycles. The van der Waals surface area contributed by atoms with Crippen LogP contribution in [0.4, 0.5) is 11.4 Å². The van der Waals surface area contributed by atoms with Crippen LogP contribution in [-0.2, 0) is 17.6 Å². The molecule has 1 aliphatic rings. The fourth-order valence-electron chi connectivity index (χ4n) is 2.75. The minimum atomic E-state index is -0.298. The first kappa shape index (κ1) is 13.6. The highest BCUT2D eigenvalue weighted by molar-refractivity contribution is 5.78. The van der Waals surface area contributed by atoms with Gasteiger partial charge in [-0.1, -0.05) is 6.07 Å². The number of hydrogen-bond acceptors (Lipinski definition) is 4. The number of anilines is 2. The first-order valence-electron chi connectivity index (χ1n) is 6.99. The Balaban J connectivity index is 1.79. The van der Waals surface area contributed by atoms with Crippen LogP contribution in [0.15, 0.2) is 42.7 Å². The number of carbonyl (C=O) groups is 1. The molecule has 3 N–H and O–H groups in total. The number of benzene rings is 1. The van der Waals surface area contributed by atoms with Crippen LogP contribution in [0.1, 0.15) is 17.5 Å². The molecule has 1 unspecified atom stereocenters. The highest BCUT2D eigenvalue weighted by Crippen LogP contribution is 2.29. The van der Waals surface area contributed by atoms with E-state index in [0.29, 0.717) is 6.42 Å². The maximum Gasteiger partial charge on any atom is 0.246 e. The van der Waals surface area contributed by atoms with E-state index >= 15 is 0 Å². The van der Waals surface area contributed by atoms with E-state index < -0.39 is 0 Å². The molecule has 1 aromatic carbocycles. The lowest BCUT2D eigenvalue weighted by Crippen LogP contribution is -2.31. The third-order valence-electron chi connectivity index (χ3n) is 3.88. The summed E-state index contributed by atoms with van der Waals surface area (Å²) in [6.45, 7) is 0. The average Bonchev–Trinajstić information content (AvgIpc) is 2.54. The van der Waals surface area contributed by atoms with Crippen molar-refractivity contribution in [2.75, 3.05) is 5.32 Å². The van der Waals surface area contributed by atoms with Gasteiger partial charge in [0.25, 0.3) is 0 Å². The lowest BCUT2D eigenvalue weighted by molar-refractivity contribution is -0.133. The molecule has 1 heterocycles. The van der Waals surface area contributed by atoms with Crippen molar-refractivity contribution >= 4 is 17.3 Å². The zero-order chi connectivity index (χ0) is 14.7. The van der Waals surface area contributed by atoms with Crippen LogP contribution >= 0.6 is 0 Å². The van der Waals surface area contributed by atoms with E-state index in [2.05, 4.69) is 22.4 Å². The SMILES string of the molecule is O=C(NO)C1CCc2ccc(Nc3ccncc3)cc2C1. The third kappa shape index (κ3) is 3.03. The molecule has 0 spiro atoms. The van der Waals surface area contributed by atoms with Gasteiger partial charge in [0.1, 0.15) is 0 Å². The number of aryl methyl sites for hydroxylation is 1. The molecule has 0 fully saturated rings. The number of fused-ring (bicyclic) bond motifs is 1. The van der Waals surface area contributed by atoms with Gasteiger partial charge in [-0.05, 0) is 54.7 Å². The summed E-state index contributed by atoms with van der Waals surface area (Å²) in [7, 11) is 0. The van der Waals surface area contributed by atoms with Crippen LogP contribution in [-0.4, -0.2) is 16.1 Å². The minimum absolute atomic E-state index is 0.154. The standard InChI is InChI=1S/C16H17N3O2/c20-16(19-21)12-2-1-11-3-4-15(10-13(11)9-12)18-14-5-7-17-8-6-14/h3-8,10,12,21H,1-2,9H2,(H,17,18)(H,19,20). The lowest BCUT2D eigenvalue weighted by Gasteiger charge is -2.23. The molecule has 0 saturated carbocycles. The Morgan fingerprint density at radius 3 is 2.71 bits per heavy atom. The Bertz CT molecular complexity index is 643. The van der Waals surface area contributed by atoms with Gasteiger partial charge in [0.15, 0.2) is 0 Å². The van der Waals surface area contributed by atoms with Gasteiger partial charge in [0.2, 0.25) is 5.91 Å². The molecule has 5 heteroatoms. The summed E-state index contributed by atoms with van der Waals surface area (Å²) < 4.78 is 0. The van der Waals surface area contributed by atoms with Gasteiger partial charge in [0, 0.05) is 29.7 Å². The Morgan fingerprint density at radius 2 is 1.95 bits per heavy atom. The van der Waals surface area contributed by atoms with Crippen LogP contribution in [0.25, 0.3) is 0 Å². The Kier molecular flexibility index (Phi) is 3.83. The molecule has 0 saturated heterocycles. The second-order valence-corrected chi connectivity index (χ2v) is 5.26. The Labute approximate surface area is 123 Å². The summed E-state index contributed by atoms with van der Waals surface area (Å²) >= 11 is 0. The smallest absolute Gasteiger partial charge is 0.246 e. The van der Waals surface area contributed by atoms with E-state index in [1.807, 2.05) is 18.2 Å². The van der Waals surface area contributed by atoms with Gasteiger partial charge in [-0.3, -0.25) is 15.0 Å². The van der Waals surface area contributed by atoms with Crippen LogP contribution < -0.4 is 10.8 Å². The number of hydrogen-bond donors (Lipinski definition) is 3. The topological polar surface area (TPSA) is 74.2 Å². The fraction of sp³-hybridized carbons (Fsp3) is 0.250. The molecule has 5 nitrogen and oxygen atoms in total. The number of hydroxylamine groups is 1. The van der Waals surface area contributed by atoms with Crippen LogP contribution in [0.5, 0.6) is 0 Å². The molecular formula is C16H17N3O2. The first-order chi connectivity index (χ1) is 10.3. The van der Waals surface area contributed by atoms with Crippen LogP contribution in [0.2, 0.25) is 0 Å². The fourth-order valence-corrected chi connectivity index (χ4v) is 2.75.